The van der Waals surface area contributed by atoms with Gasteiger partial charge in [-0.15, -0.1) is 11.3 Å². The number of aromatic nitrogens is 1. The number of anilines is 2. The number of aryl methyl sites for hydroxylation is 1. The molecule has 0 saturated carbocycles. The van der Waals surface area contributed by atoms with Gasteiger partial charge in [0, 0.05) is 38.1 Å². The number of carbonyl (C=O) groups is 1. The van der Waals surface area contributed by atoms with Gasteiger partial charge in [0.25, 0.3) is 5.91 Å². The van der Waals surface area contributed by atoms with Gasteiger partial charge in [0.2, 0.25) is 0 Å². The average molecular weight is 393 g/mol. The summed E-state index contributed by atoms with van der Waals surface area (Å²) < 4.78 is 0. The highest BCUT2D eigenvalue weighted by atomic mass is 32.1. The first kappa shape index (κ1) is 18.7. The van der Waals surface area contributed by atoms with Crippen LogP contribution in [0.15, 0.2) is 60.0 Å². The number of carbonyl (C=O) groups excluding carboxylic acids is 1. The smallest absolute Gasteiger partial charge is 0.275 e. The number of piperazine rings is 1. The lowest BCUT2D eigenvalue weighted by Crippen LogP contribution is -2.46. The average Bonchev–Trinajstić information content (AvgIpc) is 3.16. The van der Waals surface area contributed by atoms with Gasteiger partial charge in [0.1, 0.15) is 5.69 Å². The fraction of sp³-hybridized carbons (Fsp3) is 0.273. The lowest BCUT2D eigenvalue weighted by atomic mass is 10.1. The molecule has 6 heteroatoms. The molecule has 5 nitrogen and oxygen atoms in total. The molecule has 0 bridgehead atoms. The molecule has 1 saturated heterocycles. The third-order valence-electron chi connectivity index (χ3n) is 4.97. The summed E-state index contributed by atoms with van der Waals surface area (Å²) in [5, 5.41) is 5.74. The summed E-state index contributed by atoms with van der Waals surface area (Å²) in [5.74, 6) is -0.153. The van der Waals surface area contributed by atoms with Crippen molar-refractivity contribution >= 4 is 28.6 Å². The van der Waals surface area contributed by atoms with Crippen LogP contribution in [0.4, 0.5) is 11.4 Å². The number of amides is 1. The van der Waals surface area contributed by atoms with E-state index in [-0.39, 0.29) is 5.91 Å². The molecule has 0 aliphatic carbocycles. The predicted octanol–water partition coefficient (Wildman–Crippen LogP) is 4.03. The second kappa shape index (κ2) is 8.54. The van der Waals surface area contributed by atoms with Crippen molar-refractivity contribution in [2.75, 3.05) is 36.4 Å². The van der Waals surface area contributed by atoms with Crippen LogP contribution in [0.25, 0.3) is 0 Å². The third-order valence-corrected chi connectivity index (χ3v) is 5.74. The summed E-state index contributed by atoms with van der Waals surface area (Å²) in [4.78, 5) is 21.6. The molecule has 144 valence electrons. The molecule has 0 radical (unpaired) electrons. The van der Waals surface area contributed by atoms with E-state index < -0.39 is 0 Å². The Morgan fingerprint density at radius 1 is 1.04 bits per heavy atom. The molecule has 2 heterocycles. The van der Waals surface area contributed by atoms with Gasteiger partial charge in [0.05, 0.1) is 16.4 Å². The van der Waals surface area contributed by atoms with Crippen LogP contribution in [-0.4, -0.2) is 42.0 Å². The molecule has 1 fully saturated rings. The van der Waals surface area contributed by atoms with Crippen molar-refractivity contribution in [2.45, 2.75) is 13.5 Å². The number of nitrogens with zero attached hydrogens (tertiary/aromatic N) is 3. The Morgan fingerprint density at radius 3 is 2.46 bits per heavy atom. The number of rotatable bonds is 5. The molecule has 2 aromatic carbocycles. The van der Waals surface area contributed by atoms with Gasteiger partial charge in [-0.2, -0.15) is 0 Å². The Balaban J connectivity index is 1.41. The van der Waals surface area contributed by atoms with Crippen LogP contribution < -0.4 is 10.2 Å². The zero-order chi connectivity index (χ0) is 19.3. The van der Waals surface area contributed by atoms with Crippen LogP contribution in [0.2, 0.25) is 0 Å². The Kier molecular flexibility index (Phi) is 5.69. The van der Waals surface area contributed by atoms with Crippen molar-refractivity contribution < 1.29 is 4.79 Å². The standard InChI is InChI=1S/C22H24N4OS/c1-17-23-20(16-28-17)22(27)24-19-9-5-6-10-21(19)26-13-11-25(12-14-26)15-18-7-3-2-4-8-18/h2-10,16H,11-15H2,1H3,(H,24,27). The molecule has 1 N–H and O–H groups in total. The maximum Gasteiger partial charge on any atom is 0.275 e. The minimum atomic E-state index is -0.153. The van der Waals surface area contributed by atoms with Crippen LogP contribution in [0.1, 0.15) is 21.1 Å². The first-order valence-electron chi connectivity index (χ1n) is 9.53. The van der Waals surface area contributed by atoms with Gasteiger partial charge in [0.15, 0.2) is 0 Å². The van der Waals surface area contributed by atoms with Crippen LogP contribution in [0.5, 0.6) is 0 Å². The summed E-state index contributed by atoms with van der Waals surface area (Å²) >= 11 is 1.49. The first-order chi connectivity index (χ1) is 13.7. The first-order valence-corrected chi connectivity index (χ1v) is 10.4. The number of hydrogen-bond donors (Lipinski definition) is 1. The minimum Gasteiger partial charge on any atom is -0.367 e. The Labute approximate surface area is 169 Å². The van der Waals surface area contributed by atoms with E-state index in [0.29, 0.717) is 5.69 Å². The van der Waals surface area contributed by atoms with Gasteiger partial charge in [-0.1, -0.05) is 42.5 Å². The zero-order valence-corrected chi connectivity index (χ0v) is 16.8. The number of hydrogen-bond acceptors (Lipinski definition) is 5. The largest absolute Gasteiger partial charge is 0.367 e. The summed E-state index contributed by atoms with van der Waals surface area (Å²) in [5.41, 5.74) is 3.74. The fourth-order valence-corrected chi connectivity index (χ4v) is 4.09. The van der Waals surface area contributed by atoms with Gasteiger partial charge < -0.3 is 10.2 Å². The number of para-hydroxylation sites is 2. The SMILES string of the molecule is Cc1nc(C(=O)Nc2ccccc2N2CCN(Cc3ccccc3)CC2)cs1. The Morgan fingerprint density at radius 2 is 1.75 bits per heavy atom. The topological polar surface area (TPSA) is 48.5 Å². The molecule has 1 aromatic heterocycles. The second-order valence-corrected chi connectivity index (χ2v) is 8.03. The highest BCUT2D eigenvalue weighted by Gasteiger charge is 2.20. The molecule has 3 aromatic rings. The normalized spacial score (nSPS) is 14.8. The van der Waals surface area contributed by atoms with E-state index in [4.69, 9.17) is 0 Å². The lowest BCUT2D eigenvalue weighted by Gasteiger charge is -2.37. The summed E-state index contributed by atoms with van der Waals surface area (Å²) in [7, 11) is 0. The number of nitrogens with one attached hydrogen (secondary N) is 1. The third kappa shape index (κ3) is 4.40. The molecule has 28 heavy (non-hydrogen) atoms. The van der Waals surface area contributed by atoms with Crippen LogP contribution >= 0.6 is 11.3 Å². The van der Waals surface area contributed by atoms with E-state index in [9.17, 15) is 4.79 Å². The van der Waals surface area contributed by atoms with Gasteiger partial charge in [-0.25, -0.2) is 4.98 Å². The highest BCUT2D eigenvalue weighted by molar-refractivity contribution is 7.09. The molecular weight excluding hydrogens is 368 g/mol. The van der Waals surface area contributed by atoms with Crippen molar-refractivity contribution in [1.29, 1.82) is 0 Å². The molecule has 0 unspecified atom stereocenters. The monoisotopic (exact) mass is 392 g/mol. The number of thiazole rings is 1. The molecular formula is C22H24N4OS. The van der Waals surface area contributed by atoms with E-state index in [1.54, 1.807) is 5.38 Å². The quantitative estimate of drug-likeness (QED) is 0.712. The summed E-state index contributed by atoms with van der Waals surface area (Å²) in [6.45, 7) is 6.77. The summed E-state index contributed by atoms with van der Waals surface area (Å²) in [6.07, 6.45) is 0. The Bertz CT molecular complexity index is 932. The van der Waals surface area contributed by atoms with Crippen molar-refractivity contribution in [3.8, 4) is 0 Å². The second-order valence-electron chi connectivity index (χ2n) is 6.97. The highest BCUT2D eigenvalue weighted by Crippen LogP contribution is 2.27. The minimum absolute atomic E-state index is 0.153. The predicted molar refractivity (Wildman–Crippen MR) is 115 cm³/mol. The van der Waals surface area contributed by atoms with Crippen LogP contribution in [-0.2, 0) is 6.54 Å². The van der Waals surface area contributed by atoms with E-state index in [2.05, 4.69) is 56.5 Å². The molecule has 0 atom stereocenters. The van der Waals surface area contributed by atoms with Crippen LogP contribution in [0.3, 0.4) is 0 Å². The van der Waals surface area contributed by atoms with Crippen molar-refractivity contribution in [3.63, 3.8) is 0 Å². The number of benzene rings is 2. The van der Waals surface area contributed by atoms with Crippen molar-refractivity contribution in [1.82, 2.24) is 9.88 Å². The van der Waals surface area contributed by atoms with E-state index in [1.807, 2.05) is 25.1 Å². The van der Waals surface area contributed by atoms with Gasteiger partial charge in [-0.05, 0) is 24.6 Å². The van der Waals surface area contributed by atoms with Crippen molar-refractivity contribution in [2.24, 2.45) is 0 Å². The van der Waals surface area contributed by atoms with E-state index in [0.717, 1.165) is 49.1 Å². The fourth-order valence-electron chi connectivity index (χ4n) is 3.50. The maximum absolute atomic E-state index is 12.5. The molecule has 4 rings (SSSR count). The van der Waals surface area contributed by atoms with Gasteiger partial charge in [-0.3, -0.25) is 9.69 Å². The Hall–Kier alpha value is -2.70. The maximum atomic E-state index is 12.5. The van der Waals surface area contributed by atoms with Gasteiger partial charge >= 0.3 is 0 Å². The molecule has 1 amide bonds. The lowest BCUT2D eigenvalue weighted by molar-refractivity contribution is 0.102. The molecule has 1 aliphatic rings. The molecule has 0 spiro atoms. The van der Waals surface area contributed by atoms with E-state index >= 15 is 0 Å². The van der Waals surface area contributed by atoms with Crippen molar-refractivity contribution in [3.05, 3.63) is 76.2 Å². The van der Waals surface area contributed by atoms with E-state index in [1.165, 1.54) is 16.9 Å². The van der Waals surface area contributed by atoms with Crippen LogP contribution in [0, 0.1) is 6.92 Å². The summed E-state index contributed by atoms with van der Waals surface area (Å²) in [6, 6.07) is 18.6. The zero-order valence-electron chi connectivity index (χ0n) is 16.0. The molecule has 1 aliphatic heterocycles.